The number of hydrogen-bond donors (Lipinski definition) is 2. The molecule has 0 radical (unpaired) electrons. The van der Waals surface area contributed by atoms with Crippen molar-refractivity contribution in [3.05, 3.63) is 53.1 Å². The van der Waals surface area contributed by atoms with Crippen LogP contribution in [0.4, 0.5) is 20.2 Å². The van der Waals surface area contributed by atoms with E-state index in [0.717, 1.165) is 17.7 Å². The topological polar surface area (TPSA) is 64.3 Å². The van der Waals surface area contributed by atoms with Crippen LogP contribution in [-0.4, -0.2) is 13.0 Å². The number of hydrogen-bond acceptors (Lipinski definition) is 3. The highest BCUT2D eigenvalue weighted by atomic mass is 19.2. The van der Waals surface area contributed by atoms with E-state index in [9.17, 15) is 13.6 Å². The molecule has 2 rings (SSSR count). The molecule has 0 saturated heterocycles. The van der Waals surface area contributed by atoms with Crippen LogP contribution in [0.5, 0.6) is 5.75 Å². The Hall–Kier alpha value is -2.63. The van der Waals surface area contributed by atoms with E-state index in [1.807, 2.05) is 6.92 Å². The molecule has 0 bridgehead atoms. The molecule has 0 aliphatic rings. The summed E-state index contributed by atoms with van der Waals surface area (Å²) in [5.41, 5.74) is 6.61. The number of benzene rings is 2. The minimum atomic E-state index is -1.12. The molecule has 0 atom stereocenters. The van der Waals surface area contributed by atoms with E-state index in [2.05, 4.69) is 5.32 Å². The van der Waals surface area contributed by atoms with Gasteiger partial charge in [-0.25, -0.2) is 8.78 Å². The Morgan fingerprint density at radius 1 is 1.19 bits per heavy atom. The van der Waals surface area contributed by atoms with Gasteiger partial charge in [0.05, 0.1) is 12.7 Å². The zero-order valence-corrected chi connectivity index (χ0v) is 11.5. The Kier molecular flexibility index (Phi) is 4.07. The summed E-state index contributed by atoms with van der Waals surface area (Å²) in [4.78, 5) is 12.1. The van der Waals surface area contributed by atoms with Crippen molar-refractivity contribution in [2.45, 2.75) is 6.92 Å². The highest BCUT2D eigenvalue weighted by Gasteiger charge is 2.15. The number of anilines is 2. The molecule has 21 heavy (non-hydrogen) atoms. The summed E-state index contributed by atoms with van der Waals surface area (Å²) in [6, 6.07) is 6.59. The maximum atomic E-state index is 13.2. The van der Waals surface area contributed by atoms with Crippen LogP contribution in [0.2, 0.25) is 0 Å². The third-order valence-electron chi connectivity index (χ3n) is 2.99. The summed E-state index contributed by atoms with van der Waals surface area (Å²) in [7, 11) is 1.54. The molecule has 3 N–H and O–H groups in total. The minimum absolute atomic E-state index is 0.123. The van der Waals surface area contributed by atoms with E-state index >= 15 is 0 Å². The molecule has 0 aliphatic heterocycles. The Labute approximate surface area is 120 Å². The van der Waals surface area contributed by atoms with Gasteiger partial charge >= 0.3 is 0 Å². The molecular formula is C15H14F2N2O2. The SMILES string of the molecule is COc1ccc(NC(=O)c2cc(F)c(F)cc2N)cc1C. The van der Waals surface area contributed by atoms with Crippen molar-refractivity contribution < 1.29 is 18.3 Å². The second-order valence-electron chi connectivity index (χ2n) is 4.49. The quantitative estimate of drug-likeness (QED) is 0.854. The van der Waals surface area contributed by atoms with Crippen LogP contribution in [0.25, 0.3) is 0 Å². The maximum Gasteiger partial charge on any atom is 0.257 e. The highest BCUT2D eigenvalue weighted by molar-refractivity contribution is 6.07. The van der Waals surface area contributed by atoms with Crippen molar-refractivity contribution in [2.75, 3.05) is 18.2 Å². The van der Waals surface area contributed by atoms with Crippen LogP contribution in [-0.2, 0) is 0 Å². The van der Waals surface area contributed by atoms with Gasteiger partial charge < -0.3 is 15.8 Å². The smallest absolute Gasteiger partial charge is 0.257 e. The number of nitrogens with two attached hydrogens (primary N) is 1. The predicted octanol–water partition coefficient (Wildman–Crippen LogP) is 3.12. The third kappa shape index (κ3) is 3.10. The van der Waals surface area contributed by atoms with Crippen molar-refractivity contribution in [3.8, 4) is 5.75 Å². The van der Waals surface area contributed by atoms with Crippen molar-refractivity contribution in [1.82, 2.24) is 0 Å². The molecule has 2 aromatic carbocycles. The second-order valence-corrected chi connectivity index (χ2v) is 4.49. The number of ether oxygens (including phenoxy) is 1. The summed E-state index contributed by atoms with van der Waals surface area (Å²) in [5.74, 6) is -2.15. The van der Waals surface area contributed by atoms with Gasteiger partial charge in [0, 0.05) is 17.4 Å². The summed E-state index contributed by atoms with van der Waals surface area (Å²) in [5, 5.41) is 2.57. The number of rotatable bonds is 3. The highest BCUT2D eigenvalue weighted by Crippen LogP contribution is 2.23. The molecule has 0 spiro atoms. The lowest BCUT2D eigenvalue weighted by atomic mass is 10.1. The number of nitrogens with one attached hydrogen (secondary N) is 1. The van der Waals surface area contributed by atoms with Crippen LogP contribution in [0.3, 0.4) is 0 Å². The van der Waals surface area contributed by atoms with E-state index < -0.39 is 17.5 Å². The largest absolute Gasteiger partial charge is 0.496 e. The summed E-state index contributed by atoms with van der Waals surface area (Å²) in [6.45, 7) is 1.82. The van der Waals surface area contributed by atoms with Crippen molar-refractivity contribution >= 4 is 17.3 Å². The first-order valence-electron chi connectivity index (χ1n) is 6.13. The van der Waals surface area contributed by atoms with Gasteiger partial charge in [-0.1, -0.05) is 0 Å². The number of halogens is 2. The lowest BCUT2D eigenvalue weighted by molar-refractivity contribution is 0.102. The number of nitrogen functional groups attached to an aromatic ring is 1. The second kappa shape index (κ2) is 5.78. The molecule has 0 aliphatic carbocycles. The Morgan fingerprint density at radius 3 is 2.48 bits per heavy atom. The fraction of sp³-hybridized carbons (Fsp3) is 0.133. The zero-order valence-electron chi connectivity index (χ0n) is 11.5. The van der Waals surface area contributed by atoms with E-state index in [4.69, 9.17) is 10.5 Å². The van der Waals surface area contributed by atoms with Gasteiger partial charge in [-0.15, -0.1) is 0 Å². The number of amides is 1. The summed E-state index contributed by atoms with van der Waals surface area (Å²) < 4.78 is 31.3. The lowest BCUT2D eigenvalue weighted by Gasteiger charge is -2.10. The lowest BCUT2D eigenvalue weighted by Crippen LogP contribution is -2.15. The van der Waals surface area contributed by atoms with Gasteiger partial charge in [-0.05, 0) is 36.8 Å². The number of carbonyl (C=O) groups is 1. The molecule has 4 nitrogen and oxygen atoms in total. The first-order chi connectivity index (χ1) is 9.92. The third-order valence-corrected chi connectivity index (χ3v) is 2.99. The number of carbonyl (C=O) groups excluding carboxylic acids is 1. The van der Waals surface area contributed by atoms with Crippen LogP contribution in [0.1, 0.15) is 15.9 Å². The first-order valence-corrected chi connectivity index (χ1v) is 6.13. The molecule has 2 aromatic rings. The molecule has 110 valence electrons. The Balaban J connectivity index is 2.26. The minimum Gasteiger partial charge on any atom is -0.496 e. The molecule has 6 heteroatoms. The van der Waals surface area contributed by atoms with Crippen molar-refractivity contribution in [3.63, 3.8) is 0 Å². The first kappa shape index (κ1) is 14.8. The van der Waals surface area contributed by atoms with Crippen LogP contribution in [0, 0.1) is 18.6 Å². The predicted molar refractivity (Wildman–Crippen MR) is 76.5 cm³/mol. The zero-order chi connectivity index (χ0) is 15.6. The van der Waals surface area contributed by atoms with Crippen molar-refractivity contribution in [1.29, 1.82) is 0 Å². The molecular weight excluding hydrogens is 278 g/mol. The standard InChI is InChI=1S/C15H14F2N2O2/c1-8-5-9(3-4-14(8)21-2)19-15(20)10-6-11(16)12(17)7-13(10)18/h3-7H,18H2,1-2H3,(H,19,20). The number of aryl methyl sites for hydroxylation is 1. The van der Waals surface area contributed by atoms with E-state index in [1.54, 1.807) is 25.3 Å². The van der Waals surface area contributed by atoms with Crippen LogP contribution < -0.4 is 15.8 Å². The van der Waals surface area contributed by atoms with Crippen LogP contribution >= 0.6 is 0 Å². The normalized spacial score (nSPS) is 10.3. The Bertz CT molecular complexity index is 702. The van der Waals surface area contributed by atoms with Gasteiger partial charge in [0.1, 0.15) is 5.75 Å². The summed E-state index contributed by atoms with van der Waals surface area (Å²) >= 11 is 0. The van der Waals surface area contributed by atoms with Gasteiger partial charge in [0.2, 0.25) is 0 Å². The molecule has 0 fully saturated rings. The van der Waals surface area contributed by atoms with Crippen molar-refractivity contribution in [2.24, 2.45) is 0 Å². The monoisotopic (exact) mass is 292 g/mol. The fourth-order valence-corrected chi connectivity index (χ4v) is 1.91. The maximum absolute atomic E-state index is 13.2. The molecule has 0 unspecified atom stereocenters. The molecule has 0 saturated carbocycles. The number of methoxy groups -OCH3 is 1. The molecule has 0 aromatic heterocycles. The van der Waals surface area contributed by atoms with Gasteiger partial charge in [-0.3, -0.25) is 4.79 Å². The van der Waals surface area contributed by atoms with Gasteiger partial charge in [0.25, 0.3) is 5.91 Å². The molecule has 0 heterocycles. The van der Waals surface area contributed by atoms with Crippen LogP contribution in [0.15, 0.2) is 30.3 Å². The average molecular weight is 292 g/mol. The van der Waals surface area contributed by atoms with E-state index in [1.165, 1.54) is 0 Å². The average Bonchev–Trinajstić information content (AvgIpc) is 2.43. The molecule has 1 amide bonds. The van der Waals surface area contributed by atoms with Gasteiger partial charge in [0.15, 0.2) is 11.6 Å². The fourth-order valence-electron chi connectivity index (χ4n) is 1.91. The Morgan fingerprint density at radius 2 is 1.86 bits per heavy atom. The summed E-state index contributed by atoms with van der Waals surface area (Å²) in [6.07, 6.45) is 0. The van der Waals surface area contributed by atoms with E-state index in [-0.39, 0.29) is 11.3 Å². The van der Waals surface area contributed by atoms with Gasteiger partial charge in [-0.2, -0.15) is 0 Å². The van der Waals surface area contributed by atoms with E-state index in [0.29, 0.717) is 11.4 Å².